The van der Waals surface area contributed by atoms with Gasteiger partial charge in [0.05, 0.1) is 12.3 Å². The van der Waals surface area contributed by atoms with Crippen LogP contribution in [0.15, 0.2) is 12.4 Å². The molecule has 0 amide bonds. The Bertz CT molecular complexity index is 375. The van der Waals surface area contributed by atoms with Gasteiger partial charge in [-0.05, 0) is 25.9 Å². The van der Waals surface area contributed by atoms with Crippen molar-refractivity contribution >= 4 is 5.82 Å². The molecule has 100 valence electrons. The number of likely N-dealkylation sites (tertiary alicyclic amines) is 1. The zero-order valence-corrected chi connectivity index (χ0v) is 11.2. The van der Waals surface area contributed by atoms with Crippen LogP contribution in [0.5, 0.6) is 0 Å². The molecule has 0 atom stereocenters. The molecule has 5 heteroatoms. The Morgan fingerprint density at radius 3 is 2.56 bits per heavy atom. The summed E-state index contributed by atoms with van der Waals surface area (Å²) in [6.07, 6.45) is 5.72. The van der Waals surface area contributed by atoms with E-state index in [2.05, 4.69) is 14.9 Å². The number of aromatic nitrogens is 2. The highest BCUT2D eigenvalue weighted by atomic mass is 16.3. The Hall–Kier alpha value is -1.20. The molecule has 5 nitrogen and oxygen atoms in total. The van der Waals surface area contributed by atoms with Crippen LogP contribution < -0.4 is 4.90 Å². The number of hydrogen-bond donors (Lipinski definition) is 1. The molecule has 0 bridgehead atoms. The molecular formula is C13H22N4O. The minimum Gasteiger partial charge on any atom is -0.395 e. The van der Waals surface area contributed by atoms with Crippen LogP contribution >= 0.6 is 0 Å². The maximum Gasteiger partial charge on any atom is 0.150 e. The summed E-state index contributed by atoms with van der Waals surface area (Å²) in [6.45, 7) is 3.11. The molecule has 0 unspecified atom stereocenters. The highest BCUT2D eigenvalue weighted by molar-refractivity contribution is 5.43. The molecular weight excluding hydrogens is 228 g/mol. The average molecular weight is 250 g/mol. The Balaban J connectivity index is 2.05. The van der Waals surface area contributed by atoms with Crippen molar-refractivity contribution < 1.29 is 5.11 Å². The molecule has 1 fully saturated rings. The van der Waals surface area contributed by atoms with Crippen LogP contribution in [0.2, 0.25) is 0 Å². The molecule has 0 radical (unpaired) electrons. The molecule has 1 aliphatic rings. The molecule has 1 saturated heterocycles. The van der Waals surface area contributed by atoms with Gasteiger partial charge in [-0.1, -0.05) is 0 Å². The molecule has 1 aromatic heterocycles. The van der Waals surface area contributed by atoms with Crippen LogP contribution in [0, 0.1) is 0 Å². The molecule has 2 rings (SSSR count). The first-order valence-electron chi connectivity index (χ1n) is 6.54. The van der Waals surface area contributed by atoms with E-state index in [1.165, 1.54) is 0 Å². The summed E-state index contributed by atoms with van der Waals surface area (Å²) in [5.41, 5.74) is 1.12. The lowest BCUT2D eigenvalue weighted by Gasteiger charge is -2.32. The van der Waals surface area contributed by atoms with Crippen molar-refractivity contribution in [1.82, 2.24) is 14.9 Å². The summed E-state index contributed by atoms with van der Waals surface area (Å²) in [4.78, 5) is 13.3. The Morgan fingerprint density at radius 2 is 1.94 bits per heavy atom. The van der Waals surface area contributed by atoms with Gasteiger partial charge in [-0.15, -0.1) is 0 Å². The van der Waals surface area contributed by atoms with Crippen LogP contribution in [0.3, 0.4) is 0 Å². The molecule has 0 spiro atoms. The van der Waals surface area contributed by atoms with Crippen molar-refractivity contribution in [2.24, 2.45) is 0 Å². The fraction of sp³-hybridized carbons (Fsp3) is 0.692. The normalized spacial score (nSPS) is 17.9. The van der Waals surface area contributed by atoms with Crippen LogP contribution in [-0.2, 0) is 0 Å². The summed E-state index contributed by atoms with van der Waals surface area (Å²) in [6, 6.07) is 0. The Kier molecular flexibility index (Phi) is 4.49. The van der Waals surface area contributed by atoms with Crippen molar-refractivity contribution in [2.45, 2.75) is 18.8 Å². The van der Waals surface area contributed by atoms with Gasteiger partial charge < -0.3 is 14.9 Å². The van der Waals surface area contributed by atoms with Crippen molar-refractivity contribution in [2.75, 3.05) is 45.2 Å². The van der Waals surface area contributed by atoms with Crippen molar-refractivity contribution in [3.8, 4) is 0 Å². The molecule has 1 aromatic rings. The zero-order chi connectivity index (χ0) is 13.0. The van der Waals surface area contributed by atoms with Crippen LogP contribution in [0.4, 0.5) is 5.82 Å². The van der Waals surface area contributed by atoms with E-state index in [0.717, 1.165) is 44.0 Å². The lowest BCUT2D eigenvalue weighted by molar-refractivity contribution is 0.163. The number of β-amino-alcohol motifs (C(OH)–C–C–N with tert-alkyl or cyclic N) is 1. The smallest absolute Gasteiger partial charge is 0.150 e. The van der Waals surface area contributed by atoms with Crippen LogP contribution in [-0.4, -0.2) is 60.3 Å². The van der Waals surface area contributed by atoms with Gasteiger partial charge in [-0.25, -0.2) is 4.98 Å². The zero-order valence-electron chi connectivity index (χ0n) is 11.2. The quantitative estimate of drug-likeness (QED) is 0.853. The number of aliphatic hydroxyl groups excluding tert-OH is 1. The summed E-state index contributed by atoms with van der Waals surface area (Å²) < 4.78 is 0. The SMILES string of the molecule is CN(C)c1nccnc1C1CCN(CCO)CC1. The molecule has 2 heterocycles. The number of nitrogens with zero attached hydrogens (tertiary/aromatic N) is 4. The highest BCUT2D eigenvalue weighted by Gasteiger charge is 2.24. The first-order valence-corrected chi connectivity index (χ1v) is 6.54. The van der Waals surface area contributed by atoms with Crippen LogP contribution in [0.1, 0.15) is 24.5 Å². The third-order valence-electron chi connectivity index (χ3n) is 3.52. The highest BCUT2D eigenvalue weighted by Crippen LogP contribution is 2.30. The second-order valence-electron chi connectivity index (χ2n) is 5.00. The summed E-state index contributed by atoms with van der Waals surface area (Å²) in [5.74, 6) is 1.48. The number of rotatable bonds is 4. The van der Waals surface area contributed by atoms with Gasteiger partial charge >= 0.3 is 0 Å². The largest absolute Gasteiger partial charge is 0.395 e. The second kappa shape index (κ2) is 6.11. The standard InChI is InChI=1S/C13H22N4O/c1-16(2)13-12(14-5-6-15-13)11-3-7-17(8-4-11)9-10-18/h5-6,11,18H,3-4,7-10H2,1-2H3. The van der Waals surface area contributed by atoms with E-state index < -0.39 is 0 Å². The monoisotopic (exact) mass is 250 g/mol. The number of aliphatic hydroxyl groups is 1. The molecule has 1 aliphatic heterocycles. The lowest BCUT2D eigenvalue weighted by atomic mass is 9.93. The second-order valence-corrected chi connectivity index (χ2v) is 5.00. The summed E-state index contributed by atoms with van der Waals surface area (Å²) in [5, 5.41) is 8.95. The fourth-order valence-corrected chi connectivity index (χ4v) is 2.55. The summed E-state index contributed by atoms with van der Waals surface area (Å²) >= 11 is 0. The van der Waals surface area contributed by atoms with E-state index in [1.807, 2.05) is 19.0 Å². The topological polar surface area (TPSA) is 52.5 Å². The third-order valence-corrected chi connectivity index (χ3v) is 3.52. The van der Waals surface area contributed by atoms with Gasteiger partial charge in [-0.2, -0.15) is 0 Å². The van der Waals surface area contributed by atoms with Gasteiger partial charge in [0, 0.05) is 39.0 Å². The number of piperidine rings is 1. The predicted octanol–water partition coefficient (Wildman–Crippen LogP) is 0.714. The van der Waals surface area contributed by atoms with E-state index in [-0.39, 0.29) is 6.61 Å². The minimum absolute atomic E-state index is 0.249. The van der Waals surface area contributed by atoms with Gasteiger partial charge in [-0.3, -0.25) is 4.98 Å². The van der Waals surface area contributed by atoms with E-state index in [9.17, 15) is 0 Å². The first-order chi connectivity index (χ1) is 8.72. The number of hydrogen-bond acceptors (Lipinski definition) is 5. The van der Waals surface area contributed by atoms with E-state index in [0.29, 0.717) is 5.92 Å². The van der Waals surface area contributed by atoms with Gasteiger partial charge in [0.2, 0.25) is 0 Å². The average Bonchev–Trinajstić information content (AvgIpc) is 2.40. The van der Waals surface area contributed by atoms with Gasteiger partial charge in [0.1, 0.15) is 5.82 Å². The number of anilines is 1. The van der Waals surface area contributed by atoms with E-state index in [1.54, 1.807) is 12.4 Å². The van der Waals surface area contributed by atoms with E-state index >= 15 is 0 Å². The van der Waals surface area contributed by atoms with Crippen molar-refractivity contribution in [1.29, 1.82) is 0 Å². The Labute approximate surface area is 108 Å². The van der Waals surface area contributed by atoms with Gasteiger partial charge in [0.15, 0.2) is 0 Å². The van der Waals surface area contributed by atoms with E-state index in [4.69, 9.17) is 5.11 Å². The molecule has 1 N–H and O–H groups in total. The molecule has 0 saturated carbocycles. The van der Waals surface area contributed by atoms with Crippen LogP contribution in [0.25, 0.3) is 0 Å². The molecule has 0 aromatic carbocycles. The van der Waals surface area contributed by atoms with Crippen molar-refractivity contribution in [3.63, 3.8) is 0 Å². The third kappa shape index (κ3) is 2.97. The maximum atomic E-state index is 8.95. The van der Waals surface area contributed by atoms with Crippen molar-refractivity contribution in [3.05, 3.63) is 18.1 Å². The minimum atomic E-state index is 0.249. The molecule has 0 aliphatic carbocycles. The lowest BCUT2D eigenvalue weighted by Crippen LogP contribution is -2.35. The first kappa shape index (κ1) is 13.2. The maximum absolute atomic E-state index is 8.95. The molecule has 18 heavy (non-hydrogen) atoms. The van der Waals surface area contributed by atoms with Gasteiger partial charge in [0.25, 0.3) is 0 Å². The fourth-order valence-electron chi connectivity index (χ4n) is 2.55. The predicted molar refractivity (Wildman–Crippen MR) is 71.9 cm³/mol. The summed E-state index contributed by atoms with van der Waals surface area (Å²) in [7, 11) is 4.02. The Morgan fingerprint density at radius 1 is 1.28 bits per heavy atom.